The van der Waals surface area contributed by atoms with E-state index < -0.39 is 24.5 Å². The fraction of sp³-hybridized carbons (Fsp3) is 0.217. The minimum atomic E-state index is -4.69. The molecule has 0 aliphatic heterocycles. The molecule has 1 N–H and O–H groups in total. The number of nitrogens with zero attached hydrogens (tertiary/aromatic N) is 5. The van der Waals surface area contributed by atoms with Crippen LogP contribution in [0.15, 0.2) is 59.7 Å². The fourth-order valence-electron chi connectivity index (χ4n) is 3.61. The van der Waals surface area contributed by atoms with Crippen LogP contribution in [0.2, 0.25) is 0 Å². The van der Waals surface area contributed by atoms with E-state index in [0.717, 1.165) is 27.1 Å². The van der Waals surface area contributed by atoms with E-state index in [1.54, 1.807) is 12.1 Å². The number of carbonyl (C=O) groups excluding carboxylic acids is 1. The largest absolute Gasteiger partial charge is 0.449 e. The lowest BCUT2D eigenvalue weighted by Crippen LogP contribution is -2.26. The third-order valence-corrected chi connectivity index (χ3v) is 5.21. The van der Waals surface area contributed by atoms with Crippen LogP contribution >= 0.6 is 0 Å². The van der Waals surface area contributed by atoms with Gasteiger partial charge in [0, 0.05) is 11.3 Å². The molecule has 0 spiro atoms. The Morgan fingerprint density at radius 3 is 2.52 bits per heavy atom. The number of hydrogen-bond acceptors (Lipinski definition) is 4. The van der Waals surface area contributed by atoms with Crippen LogP contribution in [0.3, 0.4) is 0 Å². The highest BCUT2D eigenvalue weighted by Gasteiger charge is 2.38. The van der Waals surface area contributed by atoms with Gasteiger partial charge in [0.25, 0.3) is 5.91 Å². The van der Waals surface area contributed by atoms with Gasteiger partial charge in [0.1, 0.15) is 6.54 Å². The lowest BCUT2D eigenvalue weighted by Gasteiger charge is -2.10. The van der Waals surface area contributed by atoms with Crippen molar-refractivity contribution in [2.24, 2.45) is 5.10 Å². The average Bonchev–Trinajstić information content (AvgIpc) is 3.27. The molecule has 2 aromatic carbocycles. The van der Waals surface area contributed by atoms with Crippen molar-refractivity contribution < 1.29 is 18.0 Å². The number of hydrogen-bond donors (Lipinski definition) is 1. The fourth-order valence-corrected chi connectivity index (χ4v) is 3.61. The summed E-state index contributed by atoms with van der Waals surface area (Å²) in [5.41, 5.74) is 6.09. The van der Waals surface area contributed by atoms with Gasteiger partial charge in [-0.3, -0.25) is 9.48 Å². The van der Waals surface area contributed by atoms with E-state index in [4.69, 9.17) is 0 Å². The van der Waals surface area contributed by atoms with Gasteiger partial charge < -0.3 is 4.57 Å². The van der Waals surface area contributed by atoms with Crippen LogP contribution in [0.1, 0.15) is 28.3 Å². The number of amides is 1. The Labute approximate surface area is 187 Å². The Morgan fingerprint density at radius 1 is 1.09 bits per heavy atom. The molecule has 0 aliphatic rings. The van der Waals surface area contributed by atoms with Crippen LogP contribution < -0.4 is 5.43 Å². The second-order valence-corrected chi connectivity index (χ2v) is 7.53. The molecule has 1 amide bonds. The van der Waals surface area contributed by atoms with E-state index >= 15 is 0 Å². The molecule has 4 rings (SSSR count). The van der Waals surface area contributed by atoms with Gasteiger partial charge >= 0.3 is 6.18 Å². The number of fused-ring (bicyclic) bond motifs is 1. The Bertz CT molecular complexity index is 1320. The van der Waals surface area contributed by atoms with Crippen molar-refractivity contribution in [3.63, 3.8) is 0 Å². The number of carbonyl (C=O) groups is 1. The van der Waals surface area contributed by atoms with E-state index in [1.807, 2.05) is 48.9 Å². The zero-order valence-electron chi connectivity index (χ0n) is 18.0. The lowest BCUT2D eigenvalue weighted by molar-refractivity contribution is -0.147. The number of benzene rings is 2. The molecular weight excluding hydrogens is 433 g/mol. The van der Waals surface area contributed by atoms with Crippen LogP contribution in [0, 0.1) is 13.8 Å². The molecule has 0 radical (unpaired) electrons. The van der Waals surface area contributed by atoms with Crippen LogP contribution in [0.4, 0.5) is 13.2 Å². The highest BCUT2D eigenvalue weighted by molar-refractivity contribution is 5.85. The van der Waals surface area contributed by atoms with Crippen LogP contribution in [0.5, 0.6) is 0 Å². The summed E-state index contributed by atoms with van der Waals surface area (Å²) in [5, 5.41) is 8.46. The minimum Gasteiger partial charge on any atom is -0.311 e. The normalized spacial score (nSPS) is 12.0. The number of nitrogens with one attached hydrogen (secondary N) is 1. The topological polar surface area (TPSA) is 77.1 Å². The summed E-state index contributed by atoms with van der Waals surface area (Å²) in [6.45, 7) is 3.73. The molecule has 33 heavy (non-hydrogen) atoms. The maximum atomic E-state index is 13.4. The number of aryl methyl sites for hydroxylation is 1. The molecule has 170 valence electrons. The molecule has 10 heteroatoms. The maximum absolute atomic E-state index is 13.4. The molecule has 7 nitrogen and oxygen atoms in total. The number of aromatic nitrogens is 4. The smallest absolute Gasteiger partial charge is 0.311 e. The first-order valence-corrected chi connectivity index (χ1v) is 10.2. The molecule has 0 saturated carbocycles. The monoisotopic (exact) mass is 454 g/mol. The molecular formula is C23H21F3N6O. The average molecular weight is 454 g/mol. The lowest BCUT2D eigenvalue weighted by atomic mass is 10.2. The van der Waals surface area contributed by atoms with Crippen molar-refractivity contribution in [3.8, 4) is 0 Å². The third-order valence-electron chi connectivity index (χ3n) is 5.21. The number of halogens is 3. The van der Waals surface area contributed by atoms with Crippen molar-refractivity contribution in [1.82, 2.24) is 24.8 Å². The van der Waals surface area contributed by atoms with Gasteiger partial charge in [-0.1, -0.05) is 42.5 Å². The molecule has 4 aromatic rings. The summed E-state index contributed by atoms with van der Waals surface area (Å²) >= 11 is 0. The van der Waals surface area contributed by atoms with E-state index in [0.29, 0.717) is 6.54 Å². The second-order valence-electron chi connectivity index (χ2n) is 7.53. The summed E-state index contributed by atoms with van der Waals surface area (Å²) < 4.78 is 42.9. The predicted molar refractivity (Wildman–Crippen MR) is 118 cm³/mol. The van der Waals surface area contributed by atoms with Crippen molar-refractivity contribution in [1.29, 1.82) is 0 Å². The first kappa shape index (κ1) is 22.3. The van der Waals surface area contributed by atoms with Gasteiger partial charge in [-0.05, 0) is 31.5 Å². The first-order valence-electron chi connectivity index (χ1n) is 10.2. The SMILES string of the molecule is Cc1nn(Cc2ccccc2)c(C)c1/C=N/NC(=O)Cn1c(C(F)(F)F)nc2ccccc21. The summed E-state index contributed by atoms with van der Waals surface area (Å²) in [4.78, 5) is 16.0. The van der Waals surface area contributed by atoms with E-state index in [-0.39, 0.29) is 11.0 Å². The predicted octanol–water partition coefficient (Wildman–Crippen LogP) is 4.07. The van der Waals surface area contributed by atoms with Gasteiger partial charge in [-0.25, -0.2) is 10.4 Å². The Hall–Kier alpha value is -3.95. The minimum absolute atomic E-state index is 0.165. The highest BCUT2D eigenvalue weighted by Crippen LogP contribution is 2.31. The summed E-state index contributed by atoms with van der Waals surface area (Å²) in [6.07, 6.45) is -3.24. The maximum Gasteiger partial charge on any atom is 0.449 e. The number of rotatable bonds is 6. The Kier molecular flexibility index (Phi) is 5.99. The molecule has 0 unspecified atom stereocenters. The summed E-state index contributed by atoms with van der Waals surface area (Å²) in [7, 11) is 0. The summed E-state index contributed by atoms with van der Waals surface area (Å²) in [6, 6.07) is 16.0. The number of hydrazone groups is 1. The van der Waals surface area contributed by atoms with Crippen molar-refractivity contribution in [3.05, 3.63) is 82.9 Å². The molecule has 0 saturated heterocycles. The zero-order chi connectivity index (χ0) is 23.6. The van der Waals surface area contributed by atoms with Gasteiger partial charge in [0.2, 0.25) is 5.82 Å². The molecule has 0 fully saturated rings. The van der Waals surface area contributed by atoms with Crippen LogP contribution in [-0.2, 0) is 24.1 Å². The van der Waals surface area contributed by atoms with Gasteiger partial charge in [-0.2, -0.15) is 23.4 Å². The molecule has 2 aromatic heterocycles. The third kappa shape index (κ3) is 4.79. The molecule has 0 atom stereocenters. The molecule has 0 aliphatic carbocycles. The molecule has 2 heterocycles. The number of alkyl halides is 3. The van der Waals surface area contributed by atoms with Gasteiger partial charge in [0.15, 0.2) is 0 Å². The Morgan fingerprint density at radius 2 is 1.79 bits per heavy atom. The standard InChI is InChI=1S/C23H21F3N6O/c1-15-18(16(2)32(30-15)13-17-8-4-3-5-9-17)12-27-29-21(33)14-31-20-11-7-6-10-19(20)28-22(31)23(24,25)26/h3-12H,13-14H2,1-2H3,(H,29,33)/b27-12+. The van der Waals surface area contributed by atoms with Gasteiger partial charge in [0.05, 0.1) is 29.5 Å². The van der Waals surface area contributed by atoms with Crippen molar-refractivity contribution in [2.45, 2.75) is 33.1 Å². The second kappa shape index (κ2) is 8.89. The summed E-state index contributed by atoms with van der Waals surface area (Å²) in [5.74, 6) is -1.83. The number of para-hydroxylation sites is 2. The highest BCUT2D eigenvalue weighted by atomic mass is 19.4. The van der Waals surface area contributed by atoms with Crippen LogP contribution in [-0.4, -0.2) is 31.5 Å². The number of imidazole rings is 1. The first-order chi connectivity index (χ1) is 15.7. The zero-order valence-corrected chi connectivity index (χ0v) is 18.0. The molecule has 0 bridgehead atoms. The quantitative estimate of drug-likeness (QED) is 0.353. The van der Waals surface area contributed by atoms with Crippen LogP contribution in [0.25, 0.3) is 11.0 Å². The Balaban J connectivity index is 1.49. The van der Waals surface area contributed by atoms with Gasteiger partial charge in [-0.15, -0.1) is 0 Å². The van der Waals surface area contributed by atoms with E-state index in [2.05, 4.69) is 20.6 Å². The van der Waals surface area contributed by atoms with E-state index in [1.165, 1.54) is 18.3 Å². The van der Waals surface area contributed by atoms with Crippen molar-refractivity contribution >= 4 is 23.2 Å². The van der Waals surface area contributed by atoms with Crippen molar-refractivity contribution in [2.75, 3.05) is 0 Å². The van der Waals surface area contributed by atoms with E-state index in [9.17, 15) is 18.0 Å².